The Morgan fingerprint density at radius 1 is 1.45 bits per heavy atom. The molecule has 1 aromatic heterocycles. The minimum Gasteiger partial charge on any atom is -0.497 e. The molecule has 2 aromatic rings. The van der Waals surface area contributed by atoms with Gasteiger partial charge >= 0.3 is 6.03 Å². The van der Waals surface area contributed by atoms with Gasteiger partial charge in [0, 0.05) is 12.6 Å². The fourth-order valence-corrected chi connectivity index (χ4v) is 3.17. The Hall–Kier alpha value is -2.15. The van der Waals surface area contributed by atoms with Crippen LogP contribution in [0, 0.1) is 0 Å². The predicted molar refractivity (Wildman–Crippen MR) is 85.4 cm³/mol. The first-order valence-electron chi connectivity index (χ1n) is 7.23. The largest absolute Gasteiger partial charge is 0.497 e. The summed E-state index contributed by atoms with van der Waals surface area (Å²) < 4.78 is 5.17. The van der Waals surface area contributed by atoms with E-state index in [0.717, 1.165) is 31.6 Å². The van der Waals surface area contributed by atoms with Gasteiger partial charge in [0.2, 0.25) is 5.13 Å². The van der Waals surface area contributed by atoms with Gasteiger partial charge in [0.05, 0.1) is 7.11 Å². The second kappa shape index (κ2) is 6.74. The quantitative estimate of drug-likeness (QED) is 0.941. The van der Waals surface area contributed by atoms with Gasteiger partial charge in [-0.05, 0) is 37.0 Å². The Balaban J connectivity index is 1.63. The molecule has 0 bridgehead atoms. The first-order chi connectivity index (χ1) is 10.8. The van der Waals surface area contributed by atoms with Crippen molar-refractivity contribution in [2.24, 2.45) is 0 Å². The van der Waals surface area contributed by atoms with Gasteiger partial charge in [-0.1, -0.05) is 23.5 Å². The molecule has 2 amide bonds. The van der Waals surface area contributed by atoms with Crippen molar-refractivity contribution in [3.8, 4) is 5.75 Å². The number of aromatic nitrogens is 2. The molecule has 0 saturated carbocycles. The normalized spacial score (nSPS) is 17.5. The Morgan fingerprint density at radius 3 is 2.95 bits per heavy atom. The molecular formula is C15H18N4O2S. The number of benzene rings is 1. The van der Waals surface area contributed by atoms with Gasteiger partial charge in [0.25, 0.3) is 0 Å². The smallest absolute Gasteiger partial charge is 0.323 e. The van der Waals surface area contributed by atoms with Crippen LogP contribution in [0.5, 0.6) is 5.75 Å². The number of likely N-dealkylation sites (tertiary alicyclic amines) is 1. The van der Waals surface area contributed by atoms with Crippen molar-refractivity contribution in [2.75, 3.05) is 19.0 Å². The summed E-state index contributed by atoms with van der Waals surface area (Å²) in [4.78, 5) is 14.2. The first-order valence-corrected chi connectivity index (χ1v) is 8.11. The molecule has 2 heterocycles. The number of nitrogens with one attached hydrogen (secondary N) is 1. The van der Waals surface area contributed by atoms with Crippen molar-refractivity contribution in [2.45, 2.75) is 25.3 Å². The van der Waals surface area contributed by atoms with E-state index in [1.54, 1.807) is 12.6 Å². The van der Waals surface area contributed by atoms with E-state index in [0.29, 0.717) is 5.13 Å². The maximum absolute atomic E-state index is 12.3. The molecule has 1 aliphatic heterocycles. The second-order valence-corrected chi connectivity index (χ2v) is 6.05. The number of hydrogen-bond acceptors (Lipinski definition) is 5. The zero-order valence-electron chi connectivity index (χ0n) is 12.4. The highest BCUT2D eigenvalue weighted by atomic mass is 32.1. The van der Waals surface area contributed by atoms with Crippen LogP contribution in [0.4, 0.5) is 9.93 Å². The lowest BCUT2D eigenvalue weighted by Gasteiger charge is -2.24. The van der Waals surface area contributed by atoms with Crippen LogP contribution in [0.1, 0.15) is 18.4 Å². The molecule has 1 aromatic carbocycles. The standard InChI is InChI=1S/C15H18N4O2S/c1-21-13-6-4-11(5-7-13)9-12-3-2-8-19(12)15(20)17-14-18-16-10-22-14/h4-7,10,12H,2-3,8-9H2,1H3,(H,17,18,20). The summed E-state index contributed by atoms with van der Waals surface area (Å²) in [6.45, 7) is 0.783. The van der Waals surface area contributed by atoms with Crippen molar-refractivity contribution in [1.29, 1.82) is 0 Å². The second-order valence-electron chi connectivity index (χ2n) is 5.22. The minimum absolute atomic E-state index is 0.0900. The van der Waals surface area contributed by atoms with Crippen LogP contribution in [0.3, 0.4) is 0 Å². The van der Waals surface area contributed by atoms with Crippen molar-refractivity contribution in [3.63, 3.8) is 0 Å². The maximum Gasteiger partial charge on any atom is 0.323 e. The van der Waals surface area contributed by atoms with Crippen molar-refractivity contribution in [1.82, 2.24) is 15.1 Å². The fourth-order valence-electron chi connectivity index (χ4n) is 2.74. The third kappa shape index (κ3) is 3.36. The van der Waals surface area contributed by atoms with E-state index in [4.69, 9.17) is 4.74 Å². The molecule has 1 N–H and O–H groups in total. The van der Waals surface area contributed by atoms with E-state index in [1.807, 2.05) is 17.0 Å². The lowest BCUT2D eigenvalue weighted by atomic mass is 10.0. The van der Waals surface area contributed by atoms with Gasteiger partial charge in [-0.25, -0.2) is 4.79 Å². The molecule has 1 atom stereocenters. The molecular weight excluding hydrogens is 300 g/mol. The zero-order chi connectivity index (χ0) is 15.4. The molecule has 0 radical (unpaired) electrons. The highest BCUT2D eigenvalue weighted by molar-refractivity contribution is 7.13. The summed E-state index contributed by atoms with van der Waals surface area (Å²) in [6, 6.07) is 8.15. The molecule has 1 saturated heterocycles. The maximum atomic E-state index is 12.3. The molecule has 7 heteroatoms. The van der Waals surface area contributed by atoms with Crippen LogP contribution in [-0.2, 0) is 6.42 Å². The number of carbonyl (C=O) groups is 1. The summed E-state index contributed by atoms with van der Waals surface area (Å²) in [7, 11) is 1.66. The summed E-state index contributed by atoms with van der Waals surface area (Å²) in [6.07, 6.45) is 2.91. The third-order valence-electron chi connectivity index (χ3n) is 3.84. The van der Waals surface area contributed by atoms with Crippen LogP contribution in [0.2, 0.25) is 0 Å². The van der Waals surface area contributed by atoms with Crippen LogP contribution in [0.25, 0.3) is 0 Å². The van der Waals surface area contributed by atoms with E-state index >= 15 is 0 Å². The number of methoxy groups -OCH3 is 1. The number of urea groups is 1. The predicted octanol–water partition coefficient (Wildman–Crippen LogP) is 2.79. The van der Waals surface area contributed by atoms with E-state index in [1.165, 1.54) is 16.9 Å². The molecule has 1 aliphatic rings. The van der Waals surface area contributed by atoms with E-state index in [9.17, 15) is 4.79 Å². The molecule has 1 unspecified atom stereocenters. The van der Waals surface area contributed by atoms with Crippen LogP contribution < -0.4 is 10.1 Å². The van der Waals surface area contributed by atoms with Crippen molar-refractivity contribution in [3.05, 3.63) is 35.3 Å². The molecule has 6 nitrogen and oxygen atoms in total. The number of rotatable bonds is 4. The van der Waals surface area contributed by atoms with Gasteiger partial charge in [-0.15, -0.1) is 10.2 Å². The molecule has 3 rings (SSSR count). The fraction of sp³-hybridized carbons (Fsp3) is 0.400. The number of hydrogen-bond donors (Lipinski definition) is 1. The summed E-state index contributed by atoms with van der Waals surface area (Å²) >= 11 is 1.32. The molecule has 1 fully saturated rings. The molecule has 116 valence electrons. The number of amides is 2. The number of ether oxygens (including phenoxy) is 1. The molecule has 22 heavy (non-hydrogen) atoms. The number of anilines is 1. The average molecular weight is 318 g/mol. The monoisotopic (exact) mass is 318 g/mol. The summed E-state index contributed by atoms with van der Waals surface area (Å²) in [5.41, 5.74) is 2.82. The summed E-state index contributed by atoms with van der Waals surface area (Å²) in [5.74, 6) is 0.848. The van der Waals surface area contributed by atoms with Crippen LogP contribution >= 0.6 is 11.3 Å². The lowest BCUT2D eigenvalue weighted by Crippen LogP contribution is -2.39. The topological polar surface area (TPSA) is 67.3 Å². The van der Waals surface area contributed by atoms with Crippen molar-refractivity contribution >= 4 is 22.5 Å². The van der Waals surface area contributed by atoms with Gasteiger partial charge in [-0.2, -0.15) is 0 Å². The highest BCUT2D eigenvalue weighted by Crippen LogP contribution is 2.23. The van der Waals surface area contributed by atoms with Crippen molar-refractivity contribution < 1.29 is 9.53 Å². The average Bonchev–Trinajstić information content (AvgIpc) is 3.19. The van der Waals surface area contributed by atoms with E-state index < -0.39 is 0 Å². The third-order valence-corrected chi connectivity index (χ3v) is 4.45. The van der Waals surface area contributed by atoms with Crippen LogP contribution in [0.15, 0.2) is 29.8 Å². The Morgan fingerprint density at radius 2 is 2.27 bits per heavy atom. The lowest BCUT2D eigenvalue weighted by molar-refractivity contribution is 0.206. The van der Waals surface area contributed by atoms with Crippen LogP contribution in [-0.4, -0.2) is 40.8 Å². The number of nitrogens with zero attached hydrogens (tertiary/aromatic N) is 3. The first kappa shape index (κ1) is 14.8. The SMILES string of the molecule is COc1ccc(CC2CCCN2C(=O)Nc2nncs2)cc1. The van der Waals surface area contributed by atoms with E-state index in [2.05, 4.69) is 27.6 Å². The van der Waals surface area contributed by atoms with E-state index in [-0.39, 0.29) is 12.1 Å². The zero-order valence-corrected chi connectivity index (χ0v) is 13.2. The van der Waals surface area contributed by atoms with Gasteiger partial charge in [-0.3, -0.25) is 5.32 Å². The van der Waals surface area contributed by atoms with Gasteiger partial charge < -0.3 is 9.64 Å². The molecule has 0 aliphatic carbocycles. The molecule has 0 spiro atoms. The minimum atomic E-state index is -0.0900. The number of carbonyl (C=O) groups excluding carboxylic acids is 1. The van der Waals surface area contributed by atoms with Gasteiger partial charge in [0.15, 0.2) is 0 Å². The summed E-state index contributed by atoms with van der Waals surface area (Å²) in [5, 5.41) is 10.9. The Bertz CT molecular complexity index is 615. The Labute approximate surface area is 133 Å². The van der Waals surface area contributed by atoms with Gasteiger partial charge in [0.1, 0.15) is 11.3 Å². The highest BCUT2D eigenvalue weighted by Gasteiger charge is 2.29. The Kier molecular flexibility index (Phi) is 4.53.